The third-order valence-corrected chi connectivity index (χ3v) is 3.28. The molecule has 0 saturated carbocycles. The first-order chi connectivity index (χ1) is 7.70. The first kappa shape index (κ1) is 11.1. The summed E-state index contributed by atoms with van der Waals surface area (Å²) in [6.45, 7) is 1.01. The standard InChI is InChI=1S/C13H17NO2/c1-14-8-9-2-3-10-4-5-11(13(15)16)7-12(10)6-9/h4-5,7,9,14H,2-3,6,8H2,1H3,(H,15,16). The van der Waals surface area contributed by atoms with Crippen molar-refractivity contribution in [3.05, 3.63) is 34.9 Å². The molecule has 0 radical (unpaired) electrons. The molecule has 2 rings (SSSR count). The lowest BCUT2D eigenvalue weighted by atomic mass is 9.83. The molecule has 0 aliphatic heterocycles. The number of aromatic carboxylic acids is 1. The largest absolute Gasteiger partial charge is 0.478 e. The zero-order valence-electron chi connectivity index (χ0n) is 9.49. The first-order valence-electron chi connectivity index (χ1n) is 5.70. The van der Waals surface area contributed by atoms with E-state index >= 15 is 0 Å². The average Bonchev–Trinajstić information content (AvgIpc) is 2.28. The van der Waals surface area contributed by atoms with E-state index in [2.05, 4.69) is 5.32 Å². The van der Waals surface area contributed by atoms with Crippen LogP contribution in [-0.2, 0) is 12.8 Å². The number of hydrogen-bond donors (Lipinski definition) is 2. The van der Waals surface area contributed by atoms with Gasteiger partial charge in [-0.3, -0.25) is 0 Å². The molecule has 0 bridgehead atoms. The molecule has 1 unspecified atom stereocenters. The van der Waals surface area contributed by atoms with Crippen LogP contribution in [0.25, 0.3) is 0 Å². The van der Waals surface area contributed by atoms with Gasteiger partial charge >= 0.3 is 5.97 Å². The van der Waals surface area contributed by atoms with Crippen LogP contribution in [0, 0.1) is 5.92 Å². The van der Waals surface area contributed by atoms with E-state index in [0.29, 0.717) is 11.5 Å². The number of rotatable bonds is 3. The van der Waals surface area contributed by atoms with Gasteiger partial charge in [0.1, 0.15) is 0 Å². The van der Waals surface area contributed by atoms with Crippen LogP contribution in [0.4, 0.5) is 0 Å². The van der Waals surface area contributed by atoms with E-state index in [1.54, 1.807) is 6.07 Å². The van der Waals surface area contributed by atoms with Crippen LogP contribution >= 0.6 is 0 Å². The molecule has 3 heteroatoms. The summed E-state index contributed by atoms with van der Waals surface area (Å²) in [4.78, 5) is 10.9. The van der Waals surface area contributed by atoms with Gasteiger partial charge in [0.2, 0.25) is 0 Å². The Hall–Kier alpha value is -1.35. The Bertz CT molecular complexity index is 401. The first-order valence-corrected chi connectivity index (χ1v) is 5.70. The molecule has 0 heterocycles. The number of nitrogens with one attached hydrogen (secondary N) is 1. The van der Waals surface area contributed by atoms with Gasteiger partial charge < -0.3 is 10.4 Å². The third kappa shape index (κ3) is 2.25. The summed E-state index contributed by atoms with van der Waals surface area (Å²) in [5.41, 5.74) is 2.94. The van der Waals surface area contributed by atoms with Crippen molar-refractivity contribution in [2.75, 3.05) is 13.6 Å². The maximum absolute atomic E-state index is 10.9. The molecule has 0 aromatic heterocycles. The van der Waals surface area contributed by atoms with Crippen molar-refractivity contribution < 1.29 is 9.90 Å². The highest BCUT2D eigenvalue weighted by atomic mass is 16.4. The summed E-state index contributed by atoms with van der Waals surface area (Å²) < 4.78 is 0. The minimum absolute atomic E-state index is 0.406. The van der Waals surface area contributed by atoms with E-state index in [-0.39, 0.29) is 0 Å². The Morgan fingerprint density at radius 3 is 3.00 bits per heavy atom. The Balaban J connectivity index is 2.21. The van der Waals surface area contributed by atoms with Gasteiger partial charge in [0, 0.05) is 0 Å². The Morgan fingerprint density at radius 1 is 1.50 bits per heavy atom. The summed E-state index contributed by atoms with van der Waals surface area (Å²) >= 11 is 0. The fraction of sp³-hybridized carbons (Fsp3) is 0.462. The smallest absolute Gasteiger partial charge is 0.335 e. The molecule has 16 heavy (non-hydrogen) atoms. The van der Waals surface area contributed by atoms with Crippen molar-refractivity contribution in [2.24, 2.45) is 5.92 Å². The van der Waals surface area contributed by atoms with Crippen LogP contribution in [0.3, 0.4) is 0 Å². The van der Waals surface area contributed by atoms with E-state index < -0.39 is 5.97 Å². The van der Waals surface area contributed by atoms with Crippen LogP contribution < -0.4 is 5.32 Å². The van der Waals surface area contributed by atoms with Crippen LogP contribution in [-0.4, -0.2) is 24.7 Å². The summed E-state index contributed by atoms with van der Waals surface area (Å²) in [5, 5.41) is 12.1. The number of benzene rings is 1. The minimum Gasteiger partial charge on any atom is -0.478 e. The van der Waals surface area contributed by atoms with Gasteiger partial charge in [-0.2, -0.15) is 0 Å². The lowest BCUT2D eigenvalue weighted by Crippen LogP contribution is -2.25. The van der Waals surface area contributed by atoms with E-state index in [1.807, 2.05) is 19.2 Å². The van der Waals surface area contributed by atoms with Gasteiger partial charge in [-0.1, -0.05) is 6.07 Å². The van der Waals surface area contributed by atoms with Crippen LogP contribution in [0.15, 0.2) is 18.2 Å². The fourth-order valence-corrected chi connectivity index (χ4v) is 2.43. The van der Waals surface area contributed by atoms with Crippen LogP contribution in [0.2, 0.25) is 0 Å². The molecular formula is C13H17NO2. The van der Waals surface area contributed by atoms with Crippen molar-refractivity contribution in [1.29, 1.82) is 0 Å². The number of fused-ring (bicyclic) bond motifs is 1. The van der Waals surface area contributed by atoms with Gasteiger partial charge in [-0.05, 0) is 62.0 Å². The van der Waals surface area contributed by atoms with Gasteiger partial charge in [-0.15, -0.1) is 0 Å². The van der Waals surface area contributed by atoms with E-state index in [1.165, 1.54) is 17.5 Å². The Labute approximate surface area is 95.5 Å². The predicted octanol–water partition coefficient (Wildman–Crippen LogP) is 1.71. The van der Waals surface area contributed by atoms with E-state index in [4.69, 9.17) is 5.11 Å². The highest BCUT2D eigenvalue weighted by Gasteiger charge is 2.19. The molecule has 3 nitrogen and oxygen atoms in total. The topological polar surface area (TPSA) is 49.3 Å². The van der Waals surface area contributed by atoms with Crippen molar-refractivity contribution in [1.82, 2.24) is 5.32 Å². The maximum atomic E-state index is 10.9. The number of aryl methyl sites for hydroxylation is 1. The molecule has 0 amide bonds. The highest BCUT2D eigenvalue weighted by molar-refractivity contribution is 5.87. The summed E-state index contributed by atoms with van der Waals surface area (Å²) in [5.74, 6) is -0.194. The van der Waals surface area contributed by atoms with Gasteiger partial charge in [0.25, 0.3) is 0 Å². The summed E-state index contributed by atoms with van der Waals surface area (Å²) in [6, 6.07) is 5.51. The van der Waals surface area contributed by atoms with E-state index in [9.17, 15) is 4.79 Å². The number of carboxylic acids is 1. The molecule has 0 spiro atoms. The lowest BCUT2D eigenvalue weighted by Gasteiger charge is -2.24. The van der Waals surface area contributed by atoms with Crippen LogP contribution in [0.5, 0.6) is 0 Å². The molecule has 1 aromatic carbocycles. The van der Waals surface area contributed by atoms with Crippen molar-refractivity contribution in [3.8, 4) is 0 Å². The summed E-state index contributed by atoms with van der Waals surface area (Å²) in [6.07, 6.45) is 3.26. The minimum atomic E-state index is -0.835. The molecule has 1 aromatic rings. The zero-order chi connectivity index (χ0) is 11.5. The zero-order valence-corrected chi connectivity index (χ0v) is 9.49. The maximum Gasteiger partial charge on any atom is 0.335 e. The molecule has 1 aliphatic carbocycles. The highest BCUT2D eigenvalue weighted by Crippen LogP contribution is 2.26. The molecule has 86 valence electrons. The van der Waals surface area contributed by atoms with Gasteiger partial charge in [-0.25, -0.2) is 4.79 Å². The normalized spacial score (nSPS) is 19.2. The molecular weight excluding hydrogens is 202 g/mol. The molecule has 0 saturated heterocycles. The molecule has 1 aliphatic rings. The van der Waals surface area contributed by atoms with Crippen LogP contribution in [0.1, 0.15) is 27.9 Å². The lowest BCUT2D eigenvalue weighted by molar-refractivity contribution is 0.0696. The fourth-order valence-electron chi connectivity index (χ4n) is 2.43. The second-order valence-corrected chi connectivity index (χ2v) is 4.46. The van der Waals surface area contributed by atoms with E-state index in [0.717, 1.165) is 19.4 Å². The molecule has 0 fully saturated rings. The van der Waals surface area contributed by atoms with Crippen molar-refractivity contribution >= 4 is 5.97 Å². The SMILES string of the molecule is CNCC1CCc2ccc(C(=O)O)cc2C1. The monoisotopic (exact) mass is 219 g/mol. The number of carboxylic acid groups (broad SMARTS) is 1. The molecule has 2 N–H and O–H groups in total. The quantitative estimate of drug-likeness (QED) is 0.813. The second-order valence-electron chi connectivity index (χ2n) is 4.46. The second kappa shape index (κ2) is 4.66. The van der Waals surface area contributed by atoms with Gasteiger partial charge in [0.05, 0.1) is 5.56 Å². The van der Waals surface area contributed by atoms with Gasteiger partial charge in [0.15, 0.2) is 0 Å². The predicted molar refractivity (Wildman–Crippen MR) is 62.8 cm³/mol. The Morgan fingerprint density at radius 2 is 2.31 bits per heavy atom. The van der Waals surface area contributed by atoms with Crippen molar-refractivity contribution in [3.63, 3.8) is 0 Å². The Kier molecular flexibility index (Phi) is 3.25. The molecule has 1 atom stereocenters. The van der Waals surface area contributed by atoms with Crippen molar-refractivity contribution in [2.45, 2.75) is 19.3 Å². The summed E-state index contributed by atoms with van der Waals surface area (Å²) in [7, 11) is 1.96. The number of hydrogen-bond acceptors (Lipinski definition) is 2. The average molecular weight is 219 g/mol. The third-order valence-electron chi connectivity index (χ3n) is 3.28. The number of carbonyl (C=O) groups is 1.